The summed E-state index contributed by atoms with van der Waals surface area (Å²) in [6, 6.07) is 8.00. The van der Waals surface area contributed by atoms with E-state index < -0.39 is 0 Å². The Morgan fingerprint density at radius 3 is 2.89 bits per heavy atom. The number of carbonyl (C=O) groups is 1. The van der Waals surface area contributed by atoms with Crippen LogP contribution in [0.4, 0.5) is 5.69 Å². The van der Waals surface area contributed by atoms with E-state index in [1.165, 1.54) is 12.8 Å². The van der Waals surface area contributed by atoms with Gasteiger partial charge in [-0.3, -0.25) is 9.69 Å². The average Bonchev–Trinajstić information content (AvgIpc) is 3.19. The molecule has 0 bridgehead atoms. The lowest BCUT2D eigenvalue weighted by Gasteiger charge is -2.24. The number of amides is 1. The number of likely N-dealkylation sites (N-methyl/N-ethyl adjacent to an activating group) is 1. The number of carbonyl (C=O) groups excluding carboxylic acids is 1. The van der Waals surface area contributed by atoms with E-state index in [0.717, 1.165) is 23.7 Å². The third kappa shape index (κ3) is 4.24. The zero-order valence-corrected chi connectivity index (χ0v) is 11.7. The Bertz CT molecular complexity index is 443. The molecular formula is C15H23N3O. The molecule has 0 heterocycles. The van der Waals surface area contributed by atoms with Crippen molar-refractivity contribution in [3.8, 4) is 0 Å². The van der Waals surface area contributed by atoms with Crippen LogP contribution in [0.3, 0.4) is 0 Å². The summed E-state index contributed by atoms with van der Waals surface area (Å²) in [5.41, 5.74) is 7.68. The van der Waals surface area contributed by atoms with Crippen LogP contribution < -0.4 is 11.1 Å². The van der Waals surface area contributed by atoms with Crippen molar-refractivity contribution in [3.63, 3.8) is 0 Å². The predicted octanol–water partition coefficient (Wildman–Crippen LogP) is 1.79. The fraction of sp³-hybridized carbons (Fsp3) is 0.533. The van der Waals surface area contributed by atoms with E-state index in [2.05, 4.69) is 12.2 Å². The van der Waals surface area contributed by atoms with Crippen LogP contribution in [0.1, 0.15) is 31.4 Å². The first kappa shape index (κ1) is 13.9. The summed E-state index contributed by atoms with van der Waals surface area (Å²) in [7, 11) is 1.96. The van der Waals surface area contributed by atoms with E-state index in [1.807, 2.05) is 36.2 Å². The minimum atomic E-state index is 0.102. The first-order valence-electron chi connectivity index (χ1n) is 6.88. The zero-order chi connectivity index (χ0) is 13.8. The molecule has 1 aliphatic carbocycles. The van der Waals surface area contributed by atoms with Gasteiger partial charge in [0.15, 0.2) is 0 Å². The van der Waals surface area contributed by atoms with Crippen LogP contribution in [-0.4, -0.2) is 30.9 Å². The van der Waals surface area contributed by atoms with Gasteiger partial charge in [-0.1, -0.05) is 12.1 Å². The topological polar surface area (TPSA) is 58.4 Å². The van der Waals surface area contributed by atoms with Gasteiger partial charge in [0.25, 0.3) is 0 Å². The molecule has 0 aliphatic heterocycles. The standard InChI is InChI=1S/C15H23N3O/c1-11(13-4-3-5-14(16)8-13)18(2)10-15(19)17-9-12-6-7-12/h3-5,8,11-12H,6-7,9-10,16H2,1-2H3,(H,17,19). The van der Waals surface area contributed by atoms with E-state index in [4.69, 9.17) is 5.73 Å². The van der Waals surface area contributed by atoms with Crippen molar-refractivity contribution in [2.24, 2.45) is 5.92 Å². The maximum Gasteiger partial charge on any atom is 0.234 e. The van der Waals surface area contributed by atoms with Gasteiger partial charge in [0.05, 0.1) is 6.54 Å². The Balaban J connectivity index is 1.83. The first-order valence-corrected chi connectivity index (χ1v) is 6.88. The SMILES string of the molecule is CC(c1cccc(N)c1)N(C)CC(=O)NCC1CC1. The molecule has 4 nitrogen and oxygen atoms in total. The number of nitrogens with zero attached hydrogens (tertiary/aromatic N) is 1. The third-order valence-corrected chi connectivity index (χ3v) is 3.73. The molecule has 19 heavy (non-hydrogen) atoms. The summed E-state index contributed by atoms with van der Waals surface area (Å²) in [5, 5.41) is 2.99. The van der Waals surface area contributed by atoms with Crippen LogP contribution in [0.25, 0.3) is 0 Å². The lowest BCUT2D eigenvalue weighted by molar-refractivity contribution is -0.122. The highest BCUT2D eigenvalue weighted by Gasteiger charge is 2.22. The number of nitrogens with two attached hydrogens (primary N) is 1. The van der Waals surface area contributed by atoms with Gasteiger partial charge in [-0.2, -0.15) is 0 Å². The van der Waals surface area contributed by atoms with Gasteiger partial charge in [0.2, 0.25) is 5.91 Å². The zero-order valence-electron chi connectivity index (χ0n) is 11.7. The normalized spacial score (nSPS) is 16.4. The highest BCUT2D eigenvalue weighted by atomic mass is 16.2. The summed E-state index contributed by atoms with van der Waals surface area (Å²) < 4.78 is 0. The molecule has 1 aromatic carbocycles. The minimum Gasteiger partial charge on any atom is -0.399 e. The number of rotatable bonds is 6. The van der Waals surface area contributed by atoms with E-state index in [0.29, 0.717) is 6.54 Å². The monoisotopic (exact) mass is 261 g/mol. The van der Waals surface area contributed by atoms with Crippen molar-refractivity contribution in [3.05, 3.63) is 29.8 Å². The molecule has 4 heteroatoms. The Morgan fingerprint density at radius 2 is 2.26 bits per heavy atom. The second-order valence-corrected chi connectivity index (χ2v) is 5.51. The Morgan fingerprint density at radius 1 is 1.53 bits per heavy atom. The molecule has 0 aromatic heterocycles. The Kier molecular flexibility index (Phi) is 4.43. The smallest absolute Gasteiger partial charge is 0.234 e. The van der Waals surface area contributed by atoms with E-state index in [9.17, 15) is 4.79 Å². The molecule has 1 saturated carbocycles. The van der Waals surface area contributed by atoms with Gasteiger partial charge in [-0.25, -0.2) is 0 Å². The Hall–Kier alpha value is -1.55. The van der Waals surface area contributed by atoms with Crippen molar-refractivity contribution in [2.45, 2.75) is 25.8 Å². The number of hydrogen-bond donors (Lipinski definition) is 2. The summed E-state index contributed by atoms with van der Waals surface area (Å²) in [6.45, 7) is 3.34. The Labute approximate surface area is 115 Å². The molecule has 0 saturated heterocycles. The molecule has 1 amide bonds. The fourth-order valence-electron chi connectivity index (χ4n) is 2.07. The highest BCUT2D eigenvalue weighted by molar-refractivity contribution is 5.78. The van der Waals surface area contributed by atoms with Crippen LogP contribution in [0, 0.1) is 5.92 Å². The molecule has 0 radical (unpaired) electrons. The van der Waals surface area contributed by atoms with Crippen LogP contribution in [-0.2, 0) is 4.79 Å². The number of hydrogen-bond acceptors (Lipinski definition) is 3. The molecule has 3 N–H and O–H groups in total. The minimum absolute atomic E-state index is 0.102. The number of nitrogen functional groups attached to an aromatic ring is 1. The number of benzene rings is 1. The molecule has 1 fully saturated rings. The molecule has 1 unspecified atom stereocenters. The molecule has 104 valence electrons. The van der Waals surface area contributed by atoms with Crippen LogP contribution in [0.5, 0.6) is 0 Å². The first-order chi connectivity index (χ1) is 9.06. The van der Waals surface area contributed by atoms with Crippen LogP contribution in [0.2, 0.25) is 0 Å². The average molecular weight is 261 g/mol. The van der Waals surface area contributed by atoms with Crippen LogP contribution >= 0.6 is 0 Å². The molecule has 1 aromatic rings. The lowest BCUT2D eigenvalue weighted by Crippen LogP contribution is -2.37. The largest absolute Gasteiger partial charge is 0.399 e. The predicted molar refractivity (Wildman–Crippen MR) is 77.6 cm³/mol. The van der Waals surface area contributed by atoms with Crippen molar-refractivity contribution in [1.82, 2.24) is 10.2 Å². The second kappa shape index (κ2) is 6.06. The molecular weight excluding hydrogens is 238 g/mol. The van der Waals surface area contributed by atoms with Gasteiger partial charge in [-0.05, 0) is 50.4 Å². The maximum absolute atomic E-state index is 11.8. The lowest BCUT2D eigenvalue weighted by atomic mass is 10.1. The molecule has 2 rings (SSSR count). The third-order valence-electron chi connectivity index (χ3n) is 3.73. The van der Waals surface area contributed by atoms with Gasteiger partial charge in [-0.15, -0.1) is 0 Å². The van der Waals surface area contributed by atoms with Crippen LogP contribution in [0.15, 0.2) is 24.3 Å². The maximum atomic E-state index is 11.8. The highest BCUT2D eigenvalue weighted by Crippen LogP contribution is 2.27. The number of anilines is 1. The molecule has 1 atom stereocenters. The summed E-state index contributed by atoms with van der Waals surface area (Å²) in [4.78, 5) is 13.8. The van der Waals surface area contributed by atoms with E-state index in [1.54, 1.807) is 0 Å². The van der Waals surface area contributed by atoms with E-state index in [-0.39, 0.29) is 11.9 Å². The van der Waals surface area contributed by atoms with Crippen molar-refractivity contribution < 1.29 is 4.79 Å². The van der Waals surface area contributed by atoms with Gasteiger partial charge < -0.3 is 11.1 Å². The van der Waals surface area contributed by atoms with Gasteiger partial charge >= 0.3 is 0 Å². The van der Waals surface area contributed by atoms with Gasteiger partial charge in [0.1, 0.15) is 0 Å². The van der Waals surface area contributed by atoms with Gasteiger partial charge in [0, 0.05) is 18.3 Å². The second-order valence-electron chi connectivity index (χ2n) is 5.51. The molecule has 0 spiro atoms. The fourth-order valence-corrected chi connectivity index (χ4v) is 2.07. The molecule has 1 aliphatic rings. The van der Waals surface area contributed by atoms with Crippen molar-refractivity contribution in [2.75, 3.05) is 25.9 Å². The number of nitrogens with one attached hydrogen (secondary N) is 1. The summed E-state index contributed by atoms with van der Waals surface area (Å²) in [6.07, 6.45) is 2.52. The quantitative estimate of drug-likeness (QED) is 0.768. The van der Waals surface area contributed by atoms with E-state index >= 15 is 0 Å². The van der Waals surface area contributed by atoms with Crippen molar-refractivity contribution in [1.29, 1.82) is 0 Å². The summed E-state index contributed by atoms with van der Waals surface area (Å²) in [5.74, 6) is 0.825. The van der Waals surface area contributed by atoms with Crippen molar-refractivity contribution >= 4 is 11.6 Å². The summed E-state index contributed by atoms with van der Waals surface area (Å²) >= 11 is 0.